The van der Waals surface area contributed by atoms with Gasteiger partial charge in [-0.2, -0.15) is 4.72 Å². The summed E-state index contributed by atoms with van der Waals surface area (Å²) in [7, 11) is -7.75. The smallest absolute Gasteiger partial charge is 0.241 e. The second-order valence-electron chi connectivity index (χ2n) is 5.95. The maximum atomic E-state index is 14.2. The largest absolute Gasteiger partial charge is 0.381 e. The van der Waals surface area contributed by atoms with E-state index in [4.69, 9.17) is 11.2 Å². The van der Waals surface area contributed by atoms with Crippen LogP contribution in [0, 0.1) is 24.1 Å². The molecule has 144 valence electrons. The summed E-state index contributed by atoms with van der Waals surface area (Å²) >= 11 is 0. The Bertz CT molecular complexity index is 888. The molecule has 0 saturated carbocycles. The van der Waals surface area contributed by atoms with E-state index in [1.807, 2.05) is 0 Å². The number of anilines is 1. The minimum Gasteiger partial charge on any atom is -0.381 e. The van der Waals surface area contributed by atoms with Crippen LogP contribution >= 0.6 is 0 Å². The van der Waals surface area contributed by atoms with Gasteiger partial charge in [0.25, 0.3) is 0 Å². The van der Waals surface area contributed by atoms with Crippen LogP contribution < -0.4 is 9.44 Å². The third-order valence-corrected chi connectivity index (χ3v) is 6.80. The summed E-state index contributed by atoms with van der Waals surface area (Å²) in [6.45, 7) is 2.53. The molecule has 0 aromatic heterocycles. The lowest BCUT2D eigenvalue weighted by atomic mass is 10.0. The lowest BCUT2D eigenvalue weighted by molar-refractivity contribution is 0.183. The first-order valence-electron chi connectivity index (χ1n) is 8.05. The van der Waals surface area contributed by atoms with Crippen LogP contribution in [-0.4, -0.2) is 41.8 Å². The van der Waals surface area contributed by atoms with Gasteiger partial charge >= 0.3 is 0 Å². The molecule has 1 aliphatic rings. The minimum atomic E-state index is -4.07. The lowest BCUT2D eigenvalue weighted by Crippen LogP contribution is -2.39. The van der Waals surface area contributed by atoms with E-state index in [-0.39, 0.29) is 22.3 Å². The number of rotatable bonds is 8. The molecule has 2 N–H and O–H groups in total. The molecule has 1 aromatic rings. The Morgan fingerprint density at radius 2 is 2.12 bits per heavy atom. The van der Waals surface area contributed by atoms with Crippen LogP contribution in [0.2, 0.25) is 0 Å². The predicted molar refractivity (Wildman–Crippen MR) is 96.0 cm³/mol. The van der Waals surface area contributed by atoms with Crippen LogP contribution in [0.25, 0.3) is 0 Å². The van der Waals surface area contributed by atoms with Crippen molar-refractivity contribution in [2.24, 2.45) is 5.92 Å². The number of hydrogen-bond acceptors (Lipinski definition) is 5. The van der Waals surface area contributed by atoms with Crippen molar-refractivity contribution in [1.82, 2.24) is 4.72 Å². The van der Waals surface area contributed by atoms with Gasteiger partial charge in [0.2, 0.25) is 20.0 Å². The average Bonchev–Trinajstić information content (AvgIpc) is 3.08. The van der Waals surface area contributed by atoms with Gasteiger partial charge in [-0.1, -0.05) is 12.8 Å². The van der Waals surface area contributed by atoms with Gasteiger partial charge in [-0.3, -0.25) is 4.72 Å². The van der Waals surface area contributed by atoms with Crippen LogP contribution in [-0.2, 0) is 24.8 Å². The Morgan fingerprint density at radius 3 is 2.65 bits per heavy atom. The summed E-state index contributed by atoms with van der Waals surface area (Å²) in [6.07, 6.45) is 6.40. The highest BCUT2D eigenvalue weighted by molar-refractivity contribution is 7.92. The quantitative estimate of drug-likeness (QED) is 0.636. The molecular weight excluding hydrogens is 383 g/mol. The second-order valence-corrected chi connectivity index (χ2v) is 9.51. The average molecular weight is 404 g/mol. The van der Waals surface area contributed by atoms with Crippen molar-refractivity contribution in [1.29, 1.82) is 0 Å². The van der Waals surface area contributed by atoms with Crippen LogP contribution in [0.1, 0.15) is 19.8 Å². The predicted octanol–water partition coefficient (Wildman–Crippen LogP) is 1.29. The van der Waals surface area contributed by atoms with Crippen molar-refractivity contribution in [3.05, 3.63) is 24.0 Å². The zero-order valence-corrected chi connectivity index (χ0v) is 15.9. The summed E-state index contributed by atoms with van der Waals surface area (Å²) in [4.78, 5) is -0.340. The zero-order chi connectivity index (χ0) is 19.4. The van der Waals surface area contributed by atoms with E-state index in [2.05, 4.69) is 15.4 Å². The fourth-order valence-corrected chi connectivity index (χ4v) is 4.93. The Morgan fingerprint density at radius 1 is 1.38 bits per heavy atom. The minimum absolute atomic E-state index is 0.153. The van der Waals surface area contributed by atoms with Gasteiger partial charge in [0.15, 0.2) is 0 Å². The fraction of sp³-hybridized carbons (Fsp3) is 0.500. The van der Waals surface area contributed by atoms with E-state index < -0.39 is 31.9 Å². The van der Waals surface area contributed by atoms with Crippen molar-refractivity contribution in [3.8, 4) is 12.3 Å². The fourth-order valence-electron chi connectivity index (χ4n) is 2.55. The molecule has 26 heavy (non-hydrogen) atoms. The number of sulfonamides is 2. The van der Waals surface area contributed by atoms with Gasteiger partial charge in [-0.25, -0.2) is 21.2 Å². The third kappa shape index (κ3) is 5.17. The van der Waals surface area contributed by atoms with E-state index >= 15 is 0 Å². The molecule has 1 saturated heterocycles. The Hall–Kier alpha value is -1.67. The summed E-state index contributed by atoms with van der Waals surface area (Å²) in [6, 6.07) is 2.17. The van der Waals surface area contributed by atoms with E-state index in [0.717, 1.165) is 18.2 Å². The van der Waals surface area contributed by atoms with Crippen molar-refractivity contribution in [3.63, 3.8) is 0 Å². The molecule has 1 heterocycles. The van der Waals surface area contributed by atoms with Crippen molar-refractivity contribution in [2.75, 3.05) is 23.7 Å². The van der Waals surface area contributed by atoms with E-state index in [1.54, 1.807) is 6.92 Å². The molecule has 0 amide bonds. The molecule has 10 heteroatoms. The van der Waals surface area contributed by atoms with Gasteiger partial charge in [0, 0.05) is 12.5 Å². The second kappa shape index (κ2) is 8.35. The maximum Gasteiger partial charge on any atom is 0.241 e. The van der Waals surface area contributed by atoms with E-state index in [0.29, 0.717) is 26.1 Å². The number of ether oxygens (including phenoxy) is 1. The molecule has 0 bridgehead atoms. The number of benzene rings is 1. The molecular formula is C16H21FN2O5S2. The highest BCUT2D eigenvalue weighted by atomic mass is 32.2. The first-order valence-corrected chi connectivity index (χ1v) is 11.2. The Kier molecular flexibility index (Phi) is 6.63. The Balaban J connectivity index is 2.20. The number of halogens is 1. The molecule has 1 aromatic carbocycles. The SMILES string of the molecule is C#C[C@@H](NS(=O)(=O)c1ccc(NS(=O)(=O)CCC)c(F)c1)[C@@H]1CCOC1. The first-order chi connectivity index (χ1) is 12.2. The lowest BCUT2D eigenvalue weighted by Gasteiger charge is -2.18. The third-order valence-electron chi connectivity index (χ3n) is 3.89. The summed E-state index contributed by atoms with van der Waals surface area (Å²) in [5, 5.41) is 0. The number of terminal acetylenes is 1. The topological polar surface area (TPSA) is 102 Å². The summed E-state index contributed by atoms with van der Waals surface area (Å²) < 4.78 is 72.2. The maximum absolute atomic E-state index is 14.2. The van der Waals surface area contributed by atoms with Gasteiger partial charge in [0.1, 0.15) is 5.82 Å². The van der Waals surface area contributed by atoms with Crippen molar-refractivity contribution >= 4 is 25.7 Å². The van der Waals surface area contributed by atoms with Crippen LogP contribution in [0.5, 0.6) is 0 Å². The Labute approximate surface area is 153 Å². The van der Waals surface area contributed by atoms with E-state index in [9.17, 15) is 21.2 Å². The molecule has 0 aliphatic carbocycles. The van der Waals surface area contributed by atoms with Crippen molar-refractivity contribution in [2.45, 2.75) is 30.7 Å². The van der Waals surface area contributed by atoms with Gasteiger partial charge in [0.05, 0.1) is 29.0 Å². The molecule has 0 radical (unpaired) electrons. The molecule has 0 spiro atoms. The van der Waals surface area contributed by atoms with Crippen LogP contribution in [0.15, 0.2) is 23.1 Å². The molecule has 0 unspecified atom stereocenters. The van der Waals surface area contributed by atoms with E-state index in [1.165, 1.54) is 0 Å². The zero-order valence-electron chi connectivity index (χ0n) is 14.2. The van der Waals surface area contributed by atoms with Crippen LogP contribution in [0.4, 0.5) is 10.1 Å². The molecule has 1 fully saturated rings. The molecule has 2 atom stereocenters. The van der Waals surface area contributed by atoms with Crippen molar-refractivity contribution < 1.29 is 26.0 Å². The van der Waals surface area contributed by atoms with Gasteiger partial charge < -0.3 is 4.74 Å². The van der Waals surface area contributed by atoms with Gasteiger partial charge in [-0.05, 0) is 31.0 Å². The highest BCUT2D eigenvalue weighted by Crippen LogP contribution is 2.22. The standard InChI is InChI=1S/C16H21FN2O5S2/c1-3-9-25(20,21)18-16-6-5-13(10-14(16)17)26(22,23)19-15(4-2)12-7-8-24-11-12/h2,5-6,10,12,15,18-19H,3,7-9,11H2,1H3/t12-,15-/m1/s1. The normalized spacial score (nSPS) is 19.0. The molecule has 2 rings (SSSR count). The van der Waals surface area contributed by atoms with Gasteiger partial charge in [-0.15, -0.1) is 6.42 Å². The highest BCUT2D eigenvalue weighted by Gasteiger charge is 2.29. The first kappa shape index (κ1) is 20.6. The van der Waals surface area contributed by atoms with Crippen LogP contribution in [0.3, 0.4) is 0 Å². The number of nitrogens with one attached hydrogen (secondary N) is 2. The monoisotopic (exact) mass is 404 g/mol. The summed E-state index contributed by atoms with van der Waals surface area (Å²) in [5.41, 5.74) is -0.310. The molecule has 1 aliphatic heterocycles. The number of hydrogen-bond donors (Lipinski definition) is 2. The molecule has 7 nitrogen and oxygen atoms in total. The summed E-state index contributed by atoms with van der Waals surface area (Å²) in [5.74, 6) is 1.08.